The molecule has 7 heteroatoms. The van der Waals surface area contributed by atoms with Gasteiger partial charge in [-0.05, 0) is 31.0 Å². The van der Waals surface area contributed by atoms with Gasteiger partial charge in [0.05, 0.1) is 12.0 Å². The second kappa shape index (κ2) is 8.16. The summed E-state index contributed by atoms with van der Waals surface area (Å²) in [4.78, 5) is 37.7. The third-order valence-corrected chi connectivity index (χ3v) is 4.57. The molecule has 1 saturated heterocycles. The van der Waals surface area contributed by atoms with E-state index in [4.69, 9.17) is 11.6 Å². The average Bonchev–Trinajstić information content (AvgIpc) is 2.86. The topological polar surface area (TPSA) is 86.7 Å². The molecule has 134 valence electrons. The number of allylic oxidation sites excluding steroid dienone is 1. The number of halogens is 1. The number of aliphatic carboxylic acids is 1. The lowest BCUT2D eigenvalue weighted by Gasteiger charge is -2.26. The molecule has 0 radical (unpaired) electrons. The van der Waals surface area contributed by atoms with Gasteiger partial charge in [-0.25, -0.2) is 4.79 Å². The summed E-state index contributed by atoms with van der Waals surface area (Å²) in [5.41, 5.74) is 0.751. The van der Waals surface area contributed by atoms with Crippen molar-refractivity contribution < 1.29 is 19.5 Å². The molecule has 0 bridgehead atoms. The summed E-state index contributed by atoms with van der Waals surface area (Å²) in [6, 6.07) is 5.51. The molecule has 1 aliphatic rings. The third-order valence-electron chi connectivity index (χ3n) is 4.34. The molecule has 25 heavy (non-hydrogen) atoms. The Balaban J connectivity index is 2.24. The molecule has 1 aliphatic heterocycles. The zero-order valence-corrected chi connectivity index (χ0v) is 14.9. The second-order valence-electron chi connectivity index (χ2n) is 6.02. The van der Waals surface area contributed by atoms with E-state index in [1.54, 1.807) is 50.4 Å². The molecule has 0 saturated carbocycles. The molecule has 1 fully saturated rings. The Hall–Kier alpha value is -2.34. The van der Waals surface area contributed by atoms with E-state index in [0.717, 1.165) is 5.56 Å². The number of nitrogens with zero attached hydrogens (tertiary/aromatic N) is 1. The lowest BCUT2D eigenvalue weighted by atomic mass is 9.92. The average molecular weight is 365 g/mol. The van der Waals surface area contributed by atoms with Crippen molar-refractivity contribution in [2.24, 2.45) is 5.92 Å². The highest BCUT2D eigenvalue weighted by molar-refractivity contribution is 6.30. The van der Waals surface area contributed by atoms with Crippen LogP contribution in [0.15, 0.2) is 36.4 Å². The van der Waals surface area contributed by atoms with Gasteiger partial charge in [-0.15, -0.1) is 0 Å². The number of nitrogens with one attached hydrogen (secondary N) is 1. The number of carboxylic acid groups (broad SMARTS) is 1. The van der Waals surface area contributed by atoms with Crippen LogP contribution in [0.3, 0.4) is 0 Å². The molecule has 0 aromatic heterocycles. The Morgan fingerprint density at radius 1 is 1.48 bits per heavy atom. The van der Waals surface area contributed by atoms with Gasteiger partial charge in [-0.3, -0.25) is 9.59 Å². The van der Waals surface area contributed by atoms with Crippen LogP contribution >= 0.6 is 11.6 Å². The van der Waals surface area contributed by atoms with Crippen molar-refractivity contribution in [1.29, 1.82) is 0 Å². The SMILES string of the molecule is C/C=C/CC(NC(=O)C1CC(=O)N(C)C1c1cccc(Cl)c1)C(=O)O. The molecule has 1 aromatic carbocycles. The predicted octanol–water partition coefficient (Wildman–Crippen LogP) is 2.40. The molecule has 2 amide bonds. The molecular formula is C18H21ClN2O4. The first-order valence-corrected chi connectivity index (χ1v) is 8.38. The summed E-state index contributed by atoms with van der Waals surface area (Å²) < 4.78 is 0. The molecule has 6 nitrogen and oxygen atoms in total. The first-order chi connectivity index (χ1) is 11.8. The first-order valence-electron chi connectivity index (χ1n) is 8.00. The van der Waals surface area contributed by atoms with E-state index in [0.29, 0.717) is 5.02 Å². The summed E-state index contributed by atoms with van der Waals surface area (Å²) in [5.74, 6) is -2.38. The van der Waals surface area contributed by atoms with Gasteiger partial charge in [0.1, 0.15) is 6.04 Å². The zero-order chi connectivity index (χ0) is 18.6. The Labute approximate surface area is 151 Å². The van der Waals surface area contributed by atoms with Crippen LogP contribution in [-0.2, 0) is 14.4 Å². The fourth-order valence-electron chi connectivity index (χ4n) is 3.02. The van der Waals surface area contributed by atoms with Crippen molar-refractivity contribution in [3.8, 4) is 0 Å². The minimum absolute atomic E-state index is 0.0372. The quantitative estimate of drug-likeness (QED) is 0.759. The van der Waals surface area contributed by atoms with Crippen molar-refractivity contribution in [3.63, 3.8) is 0 Å². The zero-order valence-electron chi connectivity index (χ0n) is 14.1. The molecule has 3 atom stereocenters. The highest BCUT2D eigenvalue weighted by atomic mass is 35.5. The summed E-state index contributed by atoms with van der Waals surface area (Å²) in [7, 11) is 1.63. The molecule has 1 heterocycles. The molecule has 0 spiro atoms. The number of carboxylic acids is 1. The van der Waals surface area contributed by atoms with Crippen molar-refractivity contribution in [2.45, 2.75) is 31.8 Å². The maximum Gasteiger partial charge on any atom is 0.326 e. The summed E-state index contributed by atoms with van der Waals surface area (Å²) in [6.45, 7) is 1.78. The standard InChI is InChI=1S/C18H21ClN2O4/c1-3-4-8-14(18(24)25)20-17(23)13-10-15(22)21(2)16(13)11-6-5-7-12(19)9-11/h3-7,9,13-14,16H,8,10H2,1-2H3,(H,20,23)(H,24,25)/b4-3+. The van der Waals surface area contributed by atoms with Crippen LogP contribution in [-0.4, -0.2) is 40.9 Å². The van der Waals surface area contributed by atoms with Crippen LogP contribution in [0.1, 0.15) is 31.4 Å². The van der Waals surface area contributed by atoms with Crippen LogP contribution in [0.4, 0.5) is 0 Å². The molecule has 1 aromatic rings. The van der Waals surface area contributed by atoms with Gasteiger partial charge < -0.3 is 15.3 Å². The van der Waals surface area contributed by atoms with Crippen LogP contribution < -0.4 is 5.32 Å². The second-order valence-corrected chi connectivity index (χ2v) is 6.46. The number of carbonyl (C=O) groups excluding carboxylic acids is 2. The van der Waals surface area contributed by atoms with Crippen molar-refractivity contribution in [2.75, 3.05) is 7.05 Å². The van der Waals surface area contributed by atoms with E-state index in [1.165, 1.54) is 4.90 Å². The molecule has 0 aliphatic carbocycles. The van der Waals surface area contributed by atoms with Gasteiger partial charge in [0, 0.05) is 18.5 Å². The predicted molar refractivity (Wildman–Crippen MR) is 94.1 cm³/mol. The van der Waals surface area contributed by atoms with Gasteiger partial charge in [0.15, 0.2) is 0 Å². The number of amides is 2. The fourth-order valence-corrected chi connectivity index (χ4v) is 3.22. The van der Waals surface area contributed by atoms with Crippen LogP contribution in [0.2, 0.25) is 5.02 Å². The molecule has 3 unspecified atom stereocenters. The molecule has 2 N–H and O–H groups in total. The normalized spacial score (nSPS) is 21.6. The van der Waals surface area contributed by atoms with E-state index >= 15 is 0 Å². The maximum atomic E-state index is 12.7. The number of hydrogen-bond acceptors (Lipinski definition) is 3. The van der Waals surface area contributed by atoms with Gasteiger partial charge in [0.25, 0.3) is 0 Å². The third kappa shape index (κ3) is 4.39. The highest BCUT2D eigenvalue weighted by Gasteiger charge is 2.43. The number of hydrogen-bond donors (Lipinski definition) is 2. The number of benzene rings is 1. The van der Waals surface area contributed by atoms with Gasteiger partial charge in [-0.1, -0.05) is 35.9 Å². The first kappa shape index (κ1) is 19.0. The Morgan fingerprint density at radius 3 is 2.80 bits per heavy atom. The number of rotatable bonds is 6. The van der Waals surface area contributed by atoms with E-state index in [2.05, 4.69) is 5.32 Å². The fraction of sp³-hybridized carbons (Fsp3) is 0.389. The van der Waals surface area contributed by atoms with Gasteiger partial charge in [-0.2, -0.15) is 0 Å². The van der Waals surface area contributed by atoms with Gasteiger partial charge in [0.2, 0.25) is 11.8 Å². The maximum absolute atomic E-state index is 12.7. The van der Waals surface area contributed by atoms with E-state index < -0.39 is 29.9 Å². The van der Waals surface area contributed by atoms with E-state index in [1.807, 2.05) is 0 Å². The monoisotopic (exact) mass is 364 g/mol. The van der Waals surface area contributed by atoms with Crippen LogP contribution in [0.25, 0.3) is 0 Å². The van der Waals surface area contributed by atoms with Crippen molar-refractivity contribution in [1.82, 2.24) is 10.2 Å². The molecule has 2 rings (SSSR count). The minimum atomic E-state index is -1.11. The minimum Gasteiger partial charge on any atom is -0.480 e. The lowest BCUT2D eigenvalue weighted by Crippen LogP contribution is -2.44. The van der Waals surface area contributed by atoms with Gasteiger partial charge >= 0.3 is 5.97 Å². The molecular weight excluding hydrogens is 344 g/mol. The lowest BCUT2D eigenvalue weighted by molar-refractivity contribution is -0.142. The van der Waals surface area contributed by atoms with Crippen LogP contribution in [0.5, 0.6) is 0 Å². The van der Waals surface area contributed by atoms with Crippen LogP contribution in [0, 0.1) is 5.92 Å². The Bertz CT molecular complexity index is 704. The summed E-state index contributed by atoms with van der Waals surface area (Å²) in [6.07, 6.45) is 3.63. The smallest absolute Gasteiger partial charge is 0.326 e. The summed E-state index contributed by atoms with van der Waals surface area (Å²) in [5, 5.41) is 12.3. The Kier molecular flexibility index (Phi) is 6.20. The largest absolute Gasteiger partial charge is 0.480 e. The highest BCUT2D eigenvalue weighted by Crippen LogP contribution is 2.37. The van der Waals surface area contributed by atoms with Crippen molar-refractivity contribution in [3.05, 3.63) is 47.0 Å². The number of likely N-dealkylation sites (tertiary alicyclic amines) is 1. The summed E-state index contributed by atoms with van der Waals surface area (Å²) >= 11 is 6.03. The number of carbonyl (C=O) groups is 3. The Morgan fingerprint density at radius 2 is 2.20 bits per heavy atom. The van der Waals surface area contributed by atoms with E-state index in [9.17, 15) is 19.5 Å². The van der Waals surface area contributed by atoms with Crippen molar-refractivity contribution >= 4 is 29.4 Å². The van der Waals surface area contributed by atoms with E-state index in [-0.39, 0.29) is 18.7 Å².